The fourth-order valence-electron chi connectivity index (χ4n) is 2.26. The maximum atomic E-state index is 11.8. The number of piperazine rings is 1. The number of benzene rings is 1. The van der Waals surface area contributed by atoms with Gasteiger partial charge < -0.3 is 14.7 Å². The van der Waals surface area contributed by atoms with Crippen LogP contribution < -0.4 is 4.90 Å². The van der Waals surface area contributed by atoms with Crippen molar-refractivity contribution in [1.29, 1.82) is 0 Å². The highest BCUT2D eigenvalue weighted by Crippen LogP contribution is 2.17. The van der Waals surface area contributed by atoms with Gasteiger partial charge in [0, 0.05) is 46.0 Å². The maximum Gasteiger partial charge on any atom is 0.319 e. The molecule has 0 spiro atoms. The SMILES string of the molecule is Cc1cccc(N2CCN(C(=O)N(C)C)CC2)c1. The fourth-order valence-corrected chi connectivity index (χ4v) is 2.26. The minimum Gasteiger partial charge on any atom is -0.368 e. The van der Waals surface area contributed by atoms with E-state index in [0.29, 0.717) is 0 Å². The number of amides is 2. The predicted octanol–water partition coefficient (Wildman–Crippen LogP) is 1.80. The molecule has 0 aromatic heterocycles. The third kappa shape index (κ3) is 2.75. The van der Waals surface area contributed by atoms with Crippen LogP contribution in [0.3, 0.4) is 0 Å². The molecule has 1 fully saturated rings. The van der Waals surface area contributed by atoms with Crippen molar-refractivity contribution in [2.75, 3.05) is 45.2 Å². The summed E-state index contributed by atoms with van der Waals surface area (Å²) >= 11 is 0. The van der Waals surface area contributed by atoms with Crippen molar-refractivity contribution in [3.05, 3.63) is 29.8 Å². The summed E-state index contributed by atoms with van der Waals surface area (Å²) in [7, 11) is 3.60. The zero-order valence-corrected chi connectivity index (χ0v) is 11.4. The number of rotatable bonds is 1. The Balaban J connectivity index is 1.96. The monoisotopic (exact) mass is 247 g/mol. The van der Waals surface area contributed by atoms with Gasteiger partial charge in [-0.2, -0.15) is 0 Å². The van der Waals surface area contributed by atoms with Gasteiger partial charge in [-0.3, -0.25) is 0 Å². The Morgan fingerprint density at radius 1 is 1.17 bits per heavy atom. The van der Waals surface area contributed by atoms with Crippen LogP contribution in [0.1, 0.15) is 5.56 Å². The highest BCUT2D eigenvalue weighted by Gasteiger charge is 2.22. The molecule has 0 radical (unpaired) electrons. The topological polar surface area (TPSA) is 26.8 Å². The lowest BCUT2D eigenvalue weighted by Crippen LogP contribution is -2.51. The van der Waals surface area contributed by atoms with Crippen LogP contribution in [0.15, 0.2) is 24.3 Å². The number of aryl methyl sites for hydroxylation is 1. The van der Waals surface area contributed by atoms with Gasteiger partial charge in [-0.25, -0.2) is 4.79 Å². The first kappa shape index (κ1) is 12.7. The second-order valence-corrected chi connectivity index (χ2v) is 4.99. The third-order valence-electron chi connectivity index (χ3n) is 3.30. The Morgan fingerprint density at radius 2 is 1.83 bits per heavy atom. The molecule has 1 aromatic carbocycles. The fraction of sp³-hybridized carbons (Fsp3) is 0.500. The number of anilines is 1. The van der Waals surface area contributed by atoms with Gasteiger partial charge in [0.2, 0.25) is 0 Å². The summed E-state index contributed by atoms with van der Waals surface area (Å²) < 4.78 is 0. The normalized spacial score (nSPS) is 15.7. The minimum atomic E-state index is 0.110. The van der Waals surface area contributed by atoms with Crippen molar-refractivity contribution in [2.24, 2.45) is 0 Å². The molecule has 0 aliphatic carbocycles. The van der Waals surface area contributed by atoms with Crippen molar-refractivity contribution in [1.82, 2.24) is 9.80 Å². The highest BCUT2D eigenvalue weighted by molar-refractivity contribution is 5.74. The summed E-state index contributed by atoms with van der Waals surface area (Å²) in [5, 5.41) is 0. The molecule has 18 heavy (non-hydrogen) atoms. The van der Waals surface area contributed by atoms with Gasteiger partial charge in [0.1, 0.15) is 0 Å². The average Bonchev–Trinajstić information content (AvgIpc) is 2.38. The molecule has 0 N–H and O–H groups in total. The highest BCUT2D eigenvalue weighted by atomic mass is 16.2. The number of carbonyl (C=O) groups is 1. The first-order valence-corrected chi connectivity index (χ1v) is 6.36. The summed E-state index contributed by atoms with van der Waals surface area (Å²) in [6, 6.07) is 8.64. The molecule has 2 rings (SSSR count). The lowest BCUT2D eigenvalue weighted by atomic mass is 10.2. The molecule has 0 bridgehead atoms. The molecule has 98 valence electrons. The van der Waals surface area contributed by atoms with Crippen molar-refractivity contribution < 1.29 is 4.79 Å². The number of hydrogen-bond donors (Lipinski definition) is 0. The largest absolute Gasteiger partial charge is 0.368 e. The molecule has 1 aliphatic rings. The Morgan fingerprint density at radius 3 is 2.39 bits per heavy atom. The lowest BCUT2D eigenvalue weighted by molar-refractivity contribution is 0.168. The second kappa shape index (κ2) is 5.29. The second-order valence-electron chi connectivity index (χ2n) is 4.99. The zero-order valence-electron chi connectivity index (χ0n) is 11.4. The molecule has 4 heteroatoms. The van der Waals surface area contributed by atoms with E-state index in [1.54, 1.807) is 19.0 Å². The Bertz CT molecular complexity index is 423. The maximum absolute atomic E-state index is 11.8. The van der Waals surface area contributed by atoms with E-state index in [0.717, 1.165) is 26.2 Å². The summed E-state index contributed by atoms with van der Waals surface area (Å²) in [6.07, 6.45) is 0. The van der Waals surface area contributed by atoms with Crippen molar-refractivity contribution in [3.63, 3.8) is 0 Å². The van der Waals surface area contributed by atoms with E-state index in [-0.39, 0.29) is 6.03 Å². The lowest BCUT2D eigenvalue weighted by Gasteiger charge is -2.37. The van der Waals surface area contributed by atoms with E-state index >= 15 is 0 Å². The van der Waals surface area contributed by atoms with Crippen LogP contribution in [0.2, 0.25) is 0 Å². The molecule has 0 atom stereocenters. The van der Waals surface area contributed by atoms with Crippen LogP contribution in [0.5, 0.6) is 0 Å². The number of carbonyl (C=O) groups excluding carboxylic acids is 1. The molecule has 4 nitrogen and oxygen atoms in total. The summed E-state index contributed by atoms with van der Waals surface area (Å²) in [4.78, 5) is 17.7. The molecule has 2 amide bonds. The number of hydrogen-bond acceptors (Lipinski definition) is 2. The van der Waals surface area contributed by atoms with E-state index < -0.39 is 0 Å². The first-order valence-electron chi connectivity index (χ1n) is 6.36. The van der Waals surface area contributed by atoms with E-state index in [2.05, 4.69) is 36.1 Å². The molecule has 1 aliphatic heterocycles. The van der Waals surface area contributed by atoms with Gasteiger partial charge in [-0.15, -0.1) is 0 Å². The Labute approximate surface area is 109 Å². The van der Waals surface area contributed by atoms with Crippen molar-refractivity contribution in [2.45, 2.75) is 6.92 Å². The van der Waals surface area contributed by atoms with Gasteiger partial charge in [0.05, 0.1) is 0 Å². The standard InChI is InChI=1S/C14H21N3O/c1-12-5-4-6-13(11-12)16-7-9-17(10-8-16)14(18)15(2)3/h4-6,11H,7-10H2,1-3H3. The molecule has 1 saturated heterocycles. The van der Waals surface area contributed by atoms with Gasteiger partial charge in [-0.1, -0.05) is 12.1 Å². The smallest absolute Gasteiger partial charge is 0.319 e. The molecule has 1 aromatic rings. The van der Waals surface area contributed by atoms with Crippen molar-refractivity contribution >= 4 is 11.7 Å². The van der Waals surface area contributed by atoms with Crippen LogP contribution >= 0.6 is 0 Å². The molecular formula is C14H21N3O. The van der Waals surface area contributed by atoms with E-state index in [9.17, 15) is 4.79 Å². The van der Waals surface area contributed by atoms with Crippen LogP contribution in [0, 0.1) is 6.92 Å². The summed E-state index contributed by atoms with van der Waals surface area (Å²) in [6.45, 7) is 5.51. The van der Waals surface area contributed by atoms with E-state index in [1.807, 2.05) is 4.90 Å². The van der Waals surface area contributed by atoms with Gasteiger partial charge in [-0.05, 0) is 24.6 Å². The average molecular weight is 247 g/mol. The van der Waals surface area contributed by atoms with Crippen molar-refractivity contribution in [3.8, 4) is 0 Å². The van der Waals surface area contributed by atoms with E-state index in [1.165, 1.54) is 11.3 Å². The van der Waals surface area contributed by atoms with Gasteiger partial charge >= 0.3 is 6.03 Å². The van der Waals surface area contributed by atoms with Crippen LogP contribution in [-0.2, 0) is 0 Å². The molecule has 0 unspecified atom stereocenters. The molecule has 1 heterocycles. The van der Waals surface area contributed by atoms with Crippen LogP contribution in [0.4, 0.5) is 10.5 Å². The Kier molecular flexibility index (Phi) is 3.75. The van der Waals surface area contributed by atoms with Crippen LogP contribution in [0.25, 0.3) is 0 Å². The summed E-state index contributed by atoms with van der Waals surface area (Å²) in [5.41, 5.74) is 2.53. The minimum absolute atomic E-state index is 0.110. The first-order chi connectivity index (χ1) is 8.58. The van der Waals surface area contributed by atoms with Gasteiger partial charge in [0.25, 0.3) is 0 Å². The van der Waals surface area contributed by atoms with Gasteiger partial charge in [0.15, 0.2) is 0 Å². The zero-order chi connectivity index (χ0) is 13.1. The molecular weight excluding hydrogens is 226 g/mol. The van der Waals surface area contributed by atoms with Crippen LogP contribution in [-0.4, -0.2) is 56.1 Å². The summed E-state index contributed by atoms with van der Waals surface area (Å²) in [5.74, 6) is 0. The molecule has 0 saturated carbocycles. The number of nitrogens with zero attached hydrogens (tertiary/aromatic N) is 3. The quantitative estimate of drug-likeness (QED) is 0.756. The number of urea groups is 1. The third-order valence-corrected chi connectivity index (χ3v) is 3.30. The van der Waals surface area contributed by atoms with E-state index in [4.69, 9.17) is 0 Å². The predicted molar refractivity (Wildman–Crippen MR) is 74.0 cm³/mol. The Hall–Kier alpha value is -1.71.